The Bertz CT molecular complexity index is 145. The van der Waals surface area contributed by atoms with Crippen LogP contribution in [-0.4, -0.2) is 30.0 Å². The van der Waals surface area contributed by atoms with E-state index in [1.54, 1.807) is 0 Å². The van der Waals surface area contributed by atoms with Crippen LogP contribution in [0.4, 0.5) is 0 Å². The first-order chi connectivity index (χ1) is 4.70. The van der Waals surface area contributed by atoms with Gasteiger partial charge in [-0.1, -0.05) is 11.6 Å². The van der Waals surface area contributed by atoms with E-state index in [1.165, 1.54) is 5.57 Å². The largest absolute Gasteiger partial charge is 0.437 e. The van der Waals surface area contributed by atoms with E-state index in [2.05, 4.69) is 13.0 Å². The maximum Gasteiger partial charge on any atom is 0.376 e. The fourth-order valence-electron chi connectivity index (χ4n) is 1.13. The van der Waals surface area contributed by atoms with E-state index in [9.17, 15) is 0 Å². The summed E-state index contributed by atoms with van der Waals surface area (Å²) in [5, 5.41) is 9.16. The van der Waals surface area contributed by atoms with Gasteiger partial charge in [-0.05, 0) is 26.7 Å². The zero-order chi connectivity index (χ0) is 7.56. The molecular formula is C7H14BNO. The third kappa shape index (κ3) is 1.85. The smallest absolute Gasteiger partial charge is 0.376 e. The quantitative estimate of drug-likeness (QED) is 0.428. The molecule has 10 heavy (non-hydrogen) atoms. The second-order valence-electron chi connectivity index (χ2n) is 2.93. The molecule has 0 aromatic rings. The van der Waals surface area contributed by atoms with Crippen LogP contribution >= 0.6 is 0 Å². The maximum absolute atomic E-state index is 9.16. The Morgan fingerprint density at radius 3 is 2.80 bits per heavy atom. The molecule has 0 atom stereocenters. The monoisotopic (exact) mass is 139 g/mol. The molecule has 0 fully saturated rings. The zero-order valence-corrected chi connectivity index (χ0v) is 6.67. The predicted octanol–water partition coefficient (Wildman–Crippen LogP) is 0.749. The summed E-state index contributed by atoms with van der Waals surface area (Å²) < 4.78 is 0. The van der Waals surface area contributed by atoms with Gasteiger partial charge >= 0.3 is 7.05 Å². The summed E-state index contributed by atoms with van der Waals surface area (Å²) in [5.74, 6) is 0. The minimum Gasteiger partial charge on any atom is -0.437 e. The van der Waals surface area contributed by atoms with Crippen molar-refractivity contribution in [2.75, 3.05) is 13.1 Å². The molecule has 1 aliphatic heterocycles. The average molecular weight is 139 g/mol. The lowest BCUT2D eigenvalue weighted by Gasteiger charge is -2.25. The Balaban J connectivity index is 2.42. The average Bonchev–Trinajstić information content (AvgIpc) is 1.88. The number of nitrogens with zero attached hydrogens (tertiary/aromatic N) is 1. The lowest BCUT2D eigenvalue weighted by atomic mass is 9.83. The maximum atomic E-state index is 9.16. The van der Waals surface area contributed by atoms with Crippen molar-refractivity contribution in [2.45, 2.75) is 20.2 Å². The van der Waals surface area contributed by atoms with Crippen molar-refractivity contribution < 1.29 is 5.02 Å². The first kappa shape index (κ1) is 7.83. The normalized spacial score (nSPS) is 20.5. The molecule has 0 aliphatic carbocycles. The van der Waals surface area contributed by atoms with Gasteiger partial charge in [0.15, 0.2) is 0 Å². The molecular weight excluding hydrogens is 125 g/mol. The van der Waals surface area contributed by atoms with Gasteiger partial charge in [0.25, 0.3) is 0 Å². The molecule has 3 heteroatoms. The van der Waals surface area contributed by atoms with Crippen LogP contribution in [0.3, 0.4) is 0 Å². The van der Waals surface area contributed by atoms with E-state index in [-0.39, 0.29) is 7.05 Å². The zero-order valence-electron chi connectivity index (χ0n) is 6.67. The molecule has 0 saturated heterocycles. The molecule has 0 aromatic carbocycles. The van der Waals surface area contributed by atoms with Crippen LogP contribution in [-0.2, 0) is 0 Å². The molecule has 0 spiro atoms. The van der Waals surface area contributed by atoms with E-state index in [4.69, 9.17) is 5.02 Å². The van der Waals surface area contributed by atoms with E-state index in [1.807, 2.05) is 11.6 Å². The van der Waals surface area contributed by atoms with E-state index in [0.29, 0.717) is 0 Å². The van der Waals surface area contributed by atoms with Crippen LogP contribution in [0.5, 0.6) is 0 Å². The summed E-state index contributed by atoms with van der Waals surface area (Å²) in [5.41, 5.74) is 1.44. The van der Waals surface area contributed by atoms with Gasteiger partial charge in [-0.25, -0.2) is 0 Å². The Kier molecular flexibility index (Phi) is 2.52. The first-order valence-corrected chi connectivity index (χ1v) is 3.78. The minimum absolute atomic E-state index is 0.288. The molecule has 0 saturated carbocycles. The van der Waals surface area contributed by atoms with E-state index in [0.717, 1.165) is 19.5 Å². The molecule has 1 aliphatic rings. The third-order valence-electron chi connectivity index (χ3n) is 2.00. The molecule has 1 heterocycles. The molecule has 1 N–H and O–H groups in total. The van der Waals surface area contributed by atoms with Gasteiger partial charge in [0.1, 0.15) is 0 Å². The number of hydrogen-bond acceptors (Lipinski definition) is 2. The SMILES string of the molecule is CB(O)N1CC=C(C)CC1. The van der Waals surface area contributed by atoms with E-state index < -0.39 is 0 Å². The number of rotatable bonds is 1. The molecule has 0 amide bonds. The Labute approximate surface area is 62.7 Å². The van der Waals surface area contributed by atoms with Gasteiger partial charge in [-0.15, -0.1) is 0 Å². The van der Waals surface area contributed by atoms with Gasteiger partial charge in [-0.3, -0.25) is 0 Å². The Morgan fingerprint density at radius 2 is 2.40 bits per heavy atom. The summed E-state index contributed by atoms with van der Waals surface area (Å²) in [7, 11) is -0.288. The van der Waals surface area contributed by atoms with Gasteiger partial charge in [0, 0.05) is 6.54 Å². The third-order valence-corrected chi connectivity index (χ3v) is 2.00. The summed E-state index contributed by atoms with van der Waals surface area (Å²) in [6.07, 6.45) is 3.28. The highest BCUT2D eigenvalue weighted by Gasteiger charge is 2.16. The van der Waals surface area contributed by atoms with Crippen LogP contribution in [0.25, 0.3) is 0 Å². The van der Waals surface area contributed by atoms with Crippen molar-refractivity contribution in [3.8, 4) is 0 Å². The second kappa shape index (κ2) is 3.22. The number of hydrogen-bond donors (Lipinski definition) is 1. The second-order valence-corrected chi connectivity index (χ2v) is 2.93. The highest BCUT2D eigenvalue weighted by atomic mass is 16.2. The molecule has 0 aromatic heterocycles. The highest BCUT2D eigenvalue weighted by Crippen LogP contribution is 2.09. The molecule has 56 valence electrons. The van der Waals surface area contributed by atoms with Crippen molar-refractivity contribution in [1.82, 2.24) is 4.81 Å². The minimum atomic E-state index is -0.288. The fraction of sp³-hybridized carbons (Fsp3) is 0.714. The molecule has 0 radical (unpaired) electrons. The van der Waals surface area contributed by atoms with Crippen molar-refractivity contribution in [3.05, 3.63) is 11.6 Å². The highest BCUT2D eigenvalue weighted by molar-refractivity contribution is 6.45. The van der Waals surface area contributed by atoms with Crippen LogP contribution in [0.2, 0.25) is 6.82 Å². The van der Waals surface area contributed by atoms with E-state index >= 15 is 0 Å². The molecule has 2 nitrogen and oxygen atoms in total. The summed E-state index contributed by atoms with van der Waals surface area (Å²) in [6, 6.07) is 0. The lowest BCUT2D eigenvalue weighted by Crippen LogP contribution is -2.39. The standard InChI is InChI=1S/C7H14BNO/c1-7-3-5-9(6-4-7)8(2)10/h3,10H,4-6H2,1-2H3. The Hall–Kier alpha value is -0.275. The molecule has 0 bridgehead atoms. The van der Waals surface area contributed by atoms with Crippen LogP contribution < -0.4 is 0 Å². The van der Waals surface area contributed by atoms with Crippen molar-refractivity contribution in [2.24, 2.45) is 0 Å². The summed E-state index contributed by atoms with van der Waals surface area (Å²) in [6.45, 7) is 5.86. The van der Waals surface area contributed by atoms with Crippen molar-refractivity contribution in [1.29, 1.82) is 0 Å². The lowest BCUT2D eigenvalue weighted by molar-refractivity contribution is 0.384. The summed E-state index contributed by atoms with van der Waals surface area (Å²) >= 11 is 0. The molecule has 0 unspecified atom stereocenters. The predicted molar refractivity (Wildman–Crippen MR) is 43.8 cm³/mol. The fourth-order valence-corrected chi connectivity index (χ4v) is 1.13. The van der Waals surface area contributed by atoms with Crippen molar-refractivity contribution >= 4 is 7.05 Å². The van der Waals surface area contributed by atoms with Gasteiger partial charge in [0.2, 0.25) is 0 Å². The Morgan fingerprint density at radius 1 is 1.70 bits per heavy atom. The summed E-state index contributed by atoms with van der Waals surface area (Å²) in [4.78, 5) is 2.05. The molecule has 1 rings (SSSR count). The van der Waals surface area contributed by atoms with Gasteiger partial charge in [0.05, 0.1) is 0 Å². The van der Waals surface area contributed by atoms with Gasteiger partial charge in [-0.2, -0.15) is 0 Å². The van der Waals surface area contributed by atoms with Crippen molar-refractivity contribution in [3.63, 3.8) is 0 Å². The van der Waals surface area contributed by atoms with Crippen LogP contribution in [0.15, 0.2) is 11.6 Å². The topological polar surface area (TPSA) is 23.5 Å². The van der Waals surface area contributed by atoms with Crippen LogP contribution in [0.1, 0.15) is 13.3 Å². The van der Waals surface area contributed by atoms with Crippen LogP contribution in [0, 0.1) is 0 Å². The first-order valence-electron chi connectivity index (χ1n) is 3.78. The van der Waals surface area contributed by atoms with Gasteiger partial charge < -0.3 is 9.83 Å².